The first-order valence-corrected chi connectivity index (χ1v) is 34.5. The molecule has 0 aromatic rings. The lowest BCUT2D eigenvalue weighted by Crippen LogP contribution is -2.61. The quantitative estimate of drug-likeness (QED) is 0.165. The molecule has 9 nitrogen and oxygen atoms in total. The number of Topliss-reactive ketones (excluding diaryl/α,β-unsaturated/α-hetero) is 1. The third-order valence-electron chi connectivity index (χ3n) is 14.6. The number of fused-ring (bicyclic) bond motifs is 7. The van der Waals surface area contributed by atoms with Crippen molar-refractivity contribution in [3.8, 4) is 0 Å². The van der Waals surface area contributed by atoms with Crippen LogP contribution in [0.4, 0.5) is 0 Å². The fraction of sp³-hybridized carbons (Fsp3) is 0.837. The molecule has 0 aliphatic carbocycles. The third kappa shape index (κ3) is 12.6. The van der Waals surface area contributed by atoms with Crippen molar-refractivity contribution in [3.05, 3.63) is 36.5 Å². The zero-order valence-corrected chi connectivity index (χ0v) is 44.6. The first-order chi connectivity index (χ1) is 28.7. The Labute approximate surface area is 376 Å². The van der Waals surface area contributed by atoms with Crippen LogP contribution in [-0.2, 0) is 42.3 Å². The normalized spacial score (nSPS) is 43.9. The summed E-state index contributed by atoms with van der Waals surface area (Å²) in [6, 6.07) is 0. The van der Waals surface area contributed by atoms with E-state index in [1.807, 2.05) is 0 Å². The number of ketones is 1. The van der Waals surface area contributed by atoms with Crippen molar-refractivity contribution in [1.29, 1.82) is 0 Å². The number of ether oxygens (including phenoxy) is 6. The van der Waals surface area contributed by atoms with Crippen molar-refractivity contribution < 1.29 is 42.3 Å². The average Bonchev–Trinajstić information content (AvgIpc) is 3.81. The zero-order valence-electron chi connectivity index (χ0n) is 36.1. The van der Waals surface area contributed by atoms with E-state index in [0.29, 0.717) is 31.1 Å². The second kappa shape index (κ2) is 22.9. The molecule has 0 aromatic carbocycles. The summed E-state index contributed by atoms with van der Waals surface area (Å²) in [7, 11) is 13.2. The van der Waals surface area contributed by atoms with E-state index in [1.54, 1.807) is 0 Å². The largest absolute Gasteiger partial charge is 0.374 e. The Bertz CT molecular complexity index is 1510. The van der Waals surface area contributed by atoms with Gasteiger partial charge in [-0.15, -0.1) is 17.2 Å². The highest BCUT2D eigenvalue weighted by molar-refractivity contribution is 8.41. The van der Waals surface area contributed by atoms with Gasteiger partial charge in [-0.1, -0.05) is 81.8 Å². The number of rotatable bonds is 9. The predicted octanol–water partition coefficient (Wildman–Crippen LogP) is 11.0. The van der Waals surface area contributed by atoms with Crippen LogP contribution in [0.25, 0.3) is 0 Å². The monoisotopic (exact) mass is 982 g/mol. The molecular weight excluding hydrogens is 908 g/mol. The number of hydrogen-bond acceptors (Lipinski definition) is 9. The first-order valence-electron chi connectivity index (χ1n) is 22.5. The Kier molecular flexibility index (Phi) is 19.0. The van der Waals surface area contributed by atoms with Crippen molar-refractivity contribution in [3.63, 3.8) is 0 Å². The summed E-state index contributed by atoms with van der Waals surface area (Å²) < 4.78 is 54.8. The summed E-state index contributed by atoms with van der Waals surface area (Å²) in [4.78, 5) is 14.3. The molecule has 0 radical (unpaired) electrons. The van der Waals surface area contributed by atoms with E-state index in [2.05, 4.69) is 85.2 Å². The minimum atomic E-state index is -0.901. The molecule has 0 spiro atoms. The molecule has 0 saturated carbocycles. The van der Waals surface area contributed by atoms with Crippen LogP contribution >= 0.6 is 68.0 Å². The van der Waals surface area contributed by atoms with Gasteiger partial charge >= 0.3 is 0 Å². The fourth-order valence-corrected chi connectivity index (χ4v) is 15.1. The van der Waals surface area contributed by atoms with Gasteiger partial charge < -0.3 is 37.5 Å². The maximum absolute atomic E-state index is 14.3. The first kappa shape index (κ1) is 49.9. The molecule has 17 heteroatoms. The van der Waals surface area contributed by atoms with Crippen molar-refractivity contribution in [2.45, 2.75) is 196 Å². The summed E-state index contributed by atoms with van der Waals surface area (Å²) in [5.74, 6) is 1.51. The van der Waals surface area contributed by atoms with Crippen molar-refractivity contribution in [2.75, 3.05) is 6.16 Å². The zero-order chi connectivity index (χ0) is 42.8. The van der Waals surface area contributed by atoms with Crippen molar-refractivity contribution in [2.24, 2.45) is 23.7 Å². The molecule has 7 fully saturated rings. The summed E-state index contributed by atoms with van der Waals surface area (Å²) in [6.07, 6.45) is 10.5. The Hall–Kier alpha value is 2.01. The Balaban J connectivity index is 1.14. The van der Waals surface area contributed by atoms with Gasteiger partial charge in [-0.05, 0) is 112 Å². The molecule has 7 rings (SSSR count). The molecule has 7 aliphatic heterocycles. The van der Waals surface area contributed by atoms with E-state index in [9.17, 15) is 4.79 Å². The van der Waals surface area contributed by atoms with E-state index >= 15 is 0 Å². The van der Waals surface area contributed by atoms with Gasteiger partial charge in [0.2, 0.25) is 0 Å². The standard InChI is InChI=1S/C43H74O9P8/c1-22-7-8-29-18-25(4)33(45-29)11-9-30-17-24(3)26(5)36(46-30)21-37-32(27(6)35(48-37)15-23(2)13-14-58-53)20-28(44)19-31-10-12-34-39(47-31)43(52-60(56)57)42-41(49-34)40(51-59(54)55)38(16-22)50-42/h23-24,27,29-43,58H,1,4-5,7-21,53-57H2,2-3,6H3/t23-,24-,27-,29+,30?,31-,32-,33+,34+,35-,36-,37?,38-,39+,40+,41+,42-,43+/m1/s1. The molecule has 7 heterocycles. The van der Waals surface area contributed by atoms with E-state index in [1.165, 1.54) is 18.2 Å². The molecule has 24 atom stereocenters. The molecule has 7 saturated heterocycles. The smallest absolute Gasteiger partial charge is 0.135 e. The fourth-order valence-electron chi connectivity index (χ4n) is 11.2. The van der Waals surface area contributed by atoms with Crippen LogP contribution in [-0.4, -0.2) is 97.4 Å². The molecule has 8 unspecified atom stereocenters. The molecule has 0 amide bonds. The Morgan fingerprint density at radius 2 is 1.42 bits per heavy atom. The number of hydrogen-bond donors (Lipinski definition) is 0. The second-order valence-electron chi connectivity index (χ2n) is 19.1. The summed E-state index contributed by atoms with van der Waals surface area (Å²) in [6.45, 7) is 20.5. The van der Waals surface area contributed by atoms with E-state index in [-0.39, 0.29) is 103 Å². The number of carbonyl (C=O) groups excluding carboxylic acids is 1. The highest BCUT2D eigenvalue weighted by atomic mass is 32.4. The number of carbonyl (C=O) groups is 1. The highest BCUT2D eigenvalue weighted by Crippen LogP contribution is 2.60. The van der Waals surface area contributed by atoms with Crippen molar-refractivity contribution >= 4 is 73.7 Å². The topological polar surface area (TPSA) is 90.9 Å². The second-order valence-corrected chi connectivity index (χ2v) is 32.8. The molecule has 0 aromatic heterocycles. The maximum atomic E-state index is 14.3. The van der Waals surface area contributed by atoms with Gasteiger partial charge in [0.1, 0.15) is 36.3 Å². The van der Waals surface area contributed by atoms with Gasteiger partial charge in [0.25, 0.3) is 0 Å². The summed E-state index contributed by atoms with van der Waals surface area (Å²) >= 11 is 0. The lowest BCUT2D eigenvalue weighted by Gasteiger charge is -2.48. The Morgan fingerprint density at radius 1 is 0.733 bits per heavy atom. The van der Waals surface area contributed by atoms with Gasteiger partial charge in [0.05, 0.1) is 70.0 Å². The van der Waals surface area contributed by atoms with Crippen LogP contribution in [0, 0.1) is 23.7 Å². The van der Waals surface area contributed by atoms with Crippen LogP contribution in [0.3, 0.4) is 0 Å². The molecule has 340 valence electrons. The lowest BCUT2D eigenvalue weighted by atomic mass is 9.78. The minimum Gasteiger partial charge on any atom is -0.374 e. The predicted molar refractivity (Wildman–Crippen MR) is 265 cm³/mol. The van der Waals surface area contributed by atoms with E-state index < -0.39 is 15.1 Å². The van der Waals surface area contributed by atoms with E-state index in [0.717, 1.165) is 83.6 Å². The highest BCUT2D eigenvalue weighted by Gasteiger charge is 2.59. The Morgan fingerprint density at radius 3 is 2.17 bits per heavy atom. The lowest BCUT2D eigenvalue weighted by molar-refractivity contribution is -0.251. The SMILES string of the molecule is C=C1CC[C@H]2CC(=C)[C@H](CCC3C[C@@H](C)C(=C)[C@@H](CC4O[C@H](C[C@H](C)CCPP)[C@H](C)[C@H]4CC(=O)C[C@H]4CC[C@@H]5O[C@@H]6[C@@H](O[C@H](C1)[C@@H]6OP(P)P)[C@@H](OP(P)P)[C@H]5O4)O3)O2. The summed E-state index contributed by atoms with van der Waals surface area (Å²) in [5, 5.41) is 0. The van der Waals surface area contributed by atoms with Crippen molar-refractivity contribution in [1.82, 2.24) is 0 Å². The van der Waals surface area contributed by atoms with Crippen LogP contribution in [0.2, 0.25) is 0 Å². The average molecular weight is 983 g/mol. The van der Waals surface area contributed by atoms with Gasteiger partial charge in [0, 0.05) is 19.3 Å². The van der Waals surface area contributed by atoms with Crippen LogP contribution < -0.4 is 0 Å². The van der Waals surface area contributed by atoms with Crippen LogP contribution in [0.5, 0.6) is 0 Å². The van der Waals surface area contributed by atoms with Gasteiger partial charge in [-0.25, -0.2) is 0 Å². The molecule has 60 heavy (non-hydrogen) atoms. The van der Waals surface area contributed by atoms with E-state index in [4.69, 9.17) is 37.5 Å². The van der Waals surface area contributed by atoms with Gasteiger partial charge in [-0.3, -0.25) is 4.79 Å². The molecule has 7 aliphatic rings. The van der Waals surface area contributed by atoms with Crippen LogP contribution in [0.15, 0.2) is 36.5 Å². The summed E-state index contributed by atoms with van der Waals surface area (Å²) in [5.41, 5.74) is 3.45. The maximum Gasteiger partial charge on any atom is 0.135 e. The van der Waals surface area contributed by atoms with Gasteiger partial charge in [-0.2, -0.15) is 0 Å². The van der Waals surface area contributed by atoms with Gasteiger partial charge in [0.15, 0.2) is 0 Å². The molecule has 8 bridgehead atoms. The van der Waals surface area contributed by atoms with Crippen LogP contribution in [0.1, 0.15) is 111 Å². The minimum absolute atomic E-state index is 0.0326. The third-order valence-corrected chi connectivity index (χ3v) is 18.4. The molecular formula is C43H74O9P8. The molecule has 0 N–H and O–H groups in total.